The first-order valence-corrected chi connectivity index (χ1v) is 5.72. The molecule has 0 aliphatic carbocycles. The van der Waals surface area contributed by atoms with E-state index in [1.807, 2.05) is 0 Å². The van der Waals surface area contributed by atoms with E-state index in [0.717, 1.165) is 6.42 Å². The van der Waals surface area contributed by atoms with Crippen LogP contribution in [-0.4, -0.2) is 25.2 Å². The number of hydrogen-bond donors (Lipinski definition) is 1. The fraction of sp³-hybridized carbons (Fsp3) is 0.917. The van der Waals surface area contributed by atoms with Gasteiger partial charge in [0.15, 0.2) is 0 Å². The van der Waals surface area contributed by atoms with Crippen LogP contribution in [0.2, 0.25) is 0 Å². The smallest absolute Gasteiger partial charge is 0.322 e. The topological polar surface area (TPSA) is 38.3 Å². The lowest BCUT2D eigenvalue weighted by Gasteiger charge is -2.25. The molecule has 90 valence electrons. The van der Waals surface area contributed by atoms with Crippen LogP contribution in [0.15, 0.2) is 0 Å². The van der Waals surface area contributed by atoms with Crippen molar-refractivity contribution in [3.8, 4) is 0 Å². The molecule has 0 rings (SSSR count). The van der Waals surface area contributed by atoms with Gasteiger partial charge in [-0.25, -0.2) is 0 Å². The lowest BCUT2D eigenvalue weighted by Crippen LogP contribution is -2.45. The van der Waals surface area contributed by atoms with Crippen molar-refractivity contribution in [2.24, 2.45) is 11.8 Å². The standard InChI is InChI=1S/C12H25NO2/c1-8(2)7-11(12(14)15-6)13-10(5)9(3)4/h8-11,13H,7H2,1-6H3. The molecule has 0 saturated heterocycles. The molecule has 3 nitrogen and oxygen atoms in total. The Labute approximate surface area is 93.6 Å². The Kier molecular flexibility index (Phi) is 6.57. The number of hydrogen-bond acceptors (Lipinski definition) is 3. The van der Waals surface area contributed by atoms with Crippen LogP contribution in [-0.2, 0) is 9.53 Å². The summed E-state index contributed by atoms with van der Waals surface area (Å²) >= 11 is 0. The summed E-state index contributed by atoms with van der Waals surface area (Å²) in [6.45, 7) is 10.6. The molecule has 0 heterocycles. The molecule has 0 aliphatic rings. The Morgan fingerprint density at radius 1 is 1.20 bits per heavy atom. The molecule has 0 amide bonds. The van der Waals surface area contributed by atoms with Crippen molar-refractivity contribution in [3.63, 3.8) is 0 Å². The maximum absolute atomic E-state index is 11.5. The van der Waals surface area contributed by atoms with E-state index < -0.39 is 0 Å². The summed E-state index contributed by atoms with van der Waals surface area (Å²) in [4.78, 5) is 11.5. The van der Waals surface area contributed by atoms with Crippen molar-refractivity contribution in [2.75, 3.05) is 7.11 Å². The first-order valence-electron chi connectivity index (χ1n) is 5.72. The van der Waals surface area contributed by atoms with Crippen LogP contribution in [0.3, 0.4) is 0 Å². The number of carbonyl (C=O) groups excluding carboxylic acids is 1. The number of nitrogens with one attached hydrogen (secondary N) is 1. The minimum Gasteiger partial charge on any atom is -0.468 e. The molecule has 0 aromatic rings. The molecule has 2 unspecified atom stereocenters. The molecule has 0 aromatic heterocycles. The minimum atomic E-state index is -0.174. The van der Waals surface area contributed by atoms with Crippen LogP contribution < -0.4 is 5.32 Å². The summed E-state index contributed by atoms with van der Waals surface area (Å²) in [6, 6.07) is 0.153. The number of carbonyl (C=O) groups is 1. The van der Waals surface area contributed by atoms with E-state index >= 15 is 0 Å². The van der Waals surface area contributed by atoms with E-state index in [9.17, 15) is 4.79 Å². The maximum Gasteiger partial charge on any atom is 0.322 e. The zero-order valence-corrected chi connectivity index (χ0v) is 10.8. The molecule has 0 bridgehead atoms. The molecule has 0 radical (unpaired) electrons. The summed E-state index contributed by atoms with van der Waals surface area (Å²) in [5.41, 5.74) is 0. The van der Waals surface area contributed by atoms with Gasteiger partial charge in [-0.2, -0.15) is 0 Å². The predicted molar refractivity (Wildman–Crippen MR) is 62.7 cm³/mol. The van der Waals surface area contributed by atoms with Crippen LogP contribution in [0.4, 0.5) is 0 Å². The predicted octanol–water partition coefficient (Wildman–Crippen LogP) is 2.21. The van der Waals surface area contributed by atoms with E-state index in [1.165, 1.54) is 7.11 Å². The van der Waals surface area contributed by atoms with Crippen LogP contribution in [0.5, 0.6) is 0 Å². The van der Waals surface area contributed by atoms with Crippen LogP contribution in [0.1, 0.15) is 41.0 Å². The van der Waals surface area contributed by atoms with Gasteiger partial charge in [-0.05, 0) is 25.2 Å². The van der Waals surface area contributed by atoms with Crippen LogP contribution >= 0.6 is 0 Å². The highest BCUT2D eigenvalue weighted by Crippen LogP contribution is 2.09. The third kappa shape index (κ3) is 5.78. The van der Waals surface area contributed by atoms with E-state index in [1.54, 1.807) is 0 Å². The highest BCUT2D eigenvalue weighted by molar-refractivity contribution is 5.75. The zero-order valence-electron chi connectivity index (χ0n) is 10.8. The van der Waals surface area contributed by atoms with E-state index in [4.69, 9.17) is 4.74 Å². The van der Waals surface area contributed by atoms with E-state index in [-0.39, 0.29) is 12.0 Å². The van der Waals surface area contributed by atoms with Gasteiger partial charge in [0.1, 0.15) is 6.04 Å². The van der Waals surface area contributed by atoms with E-state index in [2.05, 4.69) is 39.9 Å². The monoisotopic (exact) mass is 215 g/mol. The Bertz CT molecular complexity index is 190. The summed E-state index contributed by atoms with van der Waals surface area (Å²) in [5.74, 6) is 0.849. The first kappa shape index (κ1) is 14.4. The molecular formula is C12H25NO2. The van der Waals surface area contributed by atoms with Gasteiger partial charge in [-0.1, -0.05) is 27.7 Å². The Morgan fingerprint density at radius 2 is 1.73 bits per heavy atom. The van der Waals surface area contributed by atoms with Crippen molar-refractivity contribution in [1.29, 1.82) is 0 Å². The van der Waals surface area contributed by atoms with Crippen molar-refractivity contribution >= 4 is 5.97 Å². The Hall–Kier alpha value is -0.570. The molecular weight excluding hydrogens is 190 g/mol. The van der Waals surface area contributed by atoms with Crippen molar-refractivity contribution in [1.82, 2.24) is 5.32 Å². The fourth-order valence-electron chi connectivity index (χ4n) is 1.36. The third-order valence-corrected chi connectivity index (χ3v) is 2.66. The average molecular weight is 215 g/mol. The van der Waals surface area contributed by atoms with Crippen LogP contribution in [0, 0.1) is 11.8 Å². The lowest BCUT2D eigenvalue weighted by molar-refractivity contribution is -0.143. The second-order valence-corrected chi connectivity index (χ2v) is 4.90. The van der Waals surface area contributed by atoms with Gasteiger partial charge < -0.3 is 10.1 Å². The minimum absolute atomic E-state index is 0.156. The fourth-order valence-corrected chi connectivity index (χ4v) is 1.36. The van der Waals surface area contributed by atoms with Crippen molar-refractivity contribution < 1.29 is 9.53 Å². The second kappa shape index (κ2) is 6.83. The van der Waals surface area contributed by atoms with Crippen LogP contribution in [0.25, 0.3) is 0 Å². The molecule has 0 fully saturated rings. The second-order valence-electron chi connectivity index (χ2n) is 4.90. The number of methoxy groups -OCH3 is 1. The molecule has 3 heteroatoms. The van der Waals surface area contributed by atoms with Crippen molar-refractivity contribution in [3.05, 3.63) is 0 Å². The third-order valence-electron chi connectivity index (χ3n) is 2.66. The largest absolute Gasteiger partial charge is 0.468 e. The number of ether oxygens (including phenoxy) is 1. The normalized spacial score (nSPS) is 15.5. The zero-order chi connectivity index (χ0) is 12.0. The molecule has 15 heavy (non-hydrogen) atoms. The van der Waals surface area contributed by atoms with Gasteiger partial charge >= 0.3 is 5.97 Å². The summed E-state index contributed by atoms with van der Waals surface area (Å²) in [7, 11) is 1.44. The molecule has 0 saturated carbocycles. The molecule has 2 atom stereocenters. The molecule has 0 spiro atoms. The number of esters is 1. The van der Waals surface area contributed by atoms with Gasteiger partial charge in [0.05, 0.1) is 7.11 Å². The van der Waals surface area contributed by atoms with Gasteiger partial charge in [-0.3, -0.25) is 4.79 Å². The molecule has 1 N–H and O–H groups in total. The van der Waals surface area contributed by atoms with Gasteiger partial charge in [-0.15, -0.1) is 0 Å². The summed E-state index contributed by atoms with van der Waals surface area (Å²) in [5, 5.41) is 3.32. The average Bonchev–Trinajstić information content (AvgIpc) is 2.14. The lowest BCUT2D eigenvalue weighted by atomic mass is 10.00. The van der Waals surface area contributed by atoms with Gasteiger partial charge in [0, 0.05) is 6.04 Å². The maximum atomic E-state index is 11.5. The van der Waals surface area contributed by atoms with Gasteiger partial charge in [0.2, 0.25) is 0 Å². The first-order chi connectivity index (χ1) is 6.88. The molecule has 0 aliphatic heterocycles. The number of rotatable bonds is 6. The quantitative estimate of drug-likeness (QED) is 0.690. The highest BCUT2D eigenvalue weighted by atomic mass is 16.5. The molecule has 0 aromatic carbocycles. The Balaban J connectivity index is 4.30. The summed E-state index contributed by atoms with van der Waals surface area (Å²) < 4.78 is 4.79. The Morgan fingerprint density at radius 3 is 2.07 bits per heavy atom. The summed E-state index contributed by atoms with van der Waals surface area (Å²) in [6.07, 6.45) is 0.823. The van der Waals surface area contributed by atoms with Crippen molar-refractivity contribution in [2.45, 2.75) is 53.1 Å². The SMILES string of the molecule is COC(=O)C(CC(C)C)NC(C)C(C)C. The highest BCUT2D eigenvalue weighted by Gasteiger charge is 2.22. The van der Waals surface area contributed by atoms with E-state index in [0.29, 0.717) is 17.9 Å². The van der Waals surface area contributed by atoms with Gasteiger partial charge in [0.25, 0.3) is 0 Å².